The Kier molecular flexibility index (Phi) is 4.07. The lowest BCUT2D eigenvalue weighted by Gasteiger charge is -2.21. The number of urea groups is 1. The molecule has 1 aliphatic heterocycles. The van der Waals surface area contributed by atoms with Crippen LogP contribution in [0.15, 0.2) is 18.3 Å². The number of carbonyl (C=O) groups excluding carboxylic acids is 2. The first-order valence-electron chi connectivity index (χ1n) is 6.36. The van der Waals surface area contributed by atoms with Crippen molar-refractivity contribution in [2.45, 2.75) is 12.5 Å². The van der Waals surface area contributed by atoms with Gasteiger partial charge in [0.05, 0.1) is 6.54 Å². The second kappa shape index (κ2) is 5.77. The minimum Gasteiger partial charge on any atom is -0.472 e. The maximum Gasteiger partial charge on any atom is 0.319 e. The SMILES string of the molecule is CN(C)C(=O)N1CC[C@@H](Oc2ncccc2C(N)=O)C1. The number of primary amides is 1. The van der Waals surface area contributed by atoms with Crippen molar-refractivity contribution in [3.05, 3.63) is 23.9 Å². The number of pyridine rings is 1. The van der Waals surface area contributed by atoms with E-state index in [-0.39, 0.29) is 23.6 Å². The molecule has 2 rings (SSSR count). The third-order valence-electron chi connectivity index (χ3n) is 3.11. The highest BCUT2D eigenvalue weighted by Gasteiger charge is 2.29. The van der Waals surface area contributed by atoms with Crippen molar-refractivity contribution in [3.63, 3.8) is 0 Å². The molecule has 0 bridgehead atoms. The van der Waals surface area contributed by atoms with Crippen LogP contribution in [0, 0.1) is 0 Å². The lowest BCUT2D eigenvalue weighted by molar-refractivity contribution is 0.0991. The van der Waals surface area contributed by atoms with E-state index in [0.717, 1.165) is 0 Å². The number of amides is 3. The first-order chi connectivity index (χ1) is 9.49. The van der Waals surface area contributed by atoms with E-state index in [1.165, 1.54) is 4.90 Å². The molecule has 7 heteroatoms. The van der Waals surface area contributed by atoms with E-state index in [0.29, 0.717) is 19.5 Å². The summed E-state index contributed by atoms with van der Waals surface area (Å²) < 4.78 is 5.70. The third-order valence-corrected chi connectivity index (χ3v) is 3.11. The van der Waals surface area contributed by atoms with Crippen molar-refractivity contribution in [1.82, 2.24) is 14.8 Å². The summed E-state index contributed by atoms with van der Waals surface area (Å²) in [5.74, 6) is -0.350. The topological polar surface area (TPSA) is 88.8 Å². The van der Waals surface area contributed by atoms with Gasteiger partial charge >= 0.3 is 6.03 Å². The molecule has 0 aromatic carbocycles. The minimum atomic E-state index is -0.577. The molecular weight excluding hydrogens is 260 g/mol. The standard InChI is InChI=1S/C13H18N4O3/c1-16(2)13(19)17-7-5-9(8-17)20-12-10(11(14)18)4-3-6-15-12/h3-4,6,9H,5,7-8H2,1-2H3,(H2,14,18)/t9-/m1/s1. The largest absolute Gasteiger partial charge is 0.472 e. The second-order valence-electron chi connectivity index (χ2n) is 4.87. The molecule has 1 fully saturated rings. The van der Waals surface area contributed by atoms with Crippen LogP contribution in [0.1, 0.15) is 16.8 Å². The van der Waals surface area contributed by atoms with E-state index in [4.69, 9.17) is 10.5 Å². The summed E-state index contributed by atoms with van der Waals surface area (Å²) in [4.78, 5) is 30.4. The van der Waals surface area contributed by atoms with Crippen LogP contribution in [0.4, 0.5) is 4.79 Å². The Morgan fingerprint density at radius 2 is 2.25 bits per heavy atom. The zero-order chi connectivity index (χ0) is 14.7. The molecule has 2 heterocycles. The maximum absolute atomic E-state index is 11.8. The molecule has 0 aliphatic carbocycles. The summed E-state index contributed by atoms with van der Waals surface area (Å²) in [6.45, 7) is 1.10. The molecule has 1 aromatic heterocycles. The number of carbonyl (C=O) groups is 2. The molecule has 1 aliphatic rings. The molecule has 0 saturated carbocycles. The fourth-order valence-corrected chi connectivity index (χ4v) is 2.11. The van der Waals surface area contributed by atoms with Crippen LogP contribution in [0.5, 0.6) is 5.88 Å². The fourth-order valence-electron chi connectivity index (χ4n) is 2.11. The predicted molar refractivity (Wildman–Crippen MR) is 72.4 cm³/mol. The molecule has 0 spiro atoms. The fraction of sp³-hybridized carbons (Fsp3) is 0.462. The molecule has 2 N–H and O–H groups in total. The van der Waals surface area contributed by atoms with Gasteiger partial charge < -0.3 is 20.3 Å². The molecule has 108 valence electrons. The van der Waals surface area contributed by atoms with Gasteiger partial charge in [-0.1, -0.05) is 0 Å². The number of aromatic nitrogens is 1. The van der Waals surface area contributed by atoms with Gasteiger partial charge in [-0.2, -0.15) is 0 Å². The van der Waals surface area contributed by atoms with Crippen LogP contribution < -0.4 is 10.5 Å². The lowest BCUT2D eigenvalue weighted by atomic mass is 10.2. The highest BCUT2D eigenvalue weighted by molar-refractivity contribution is 5.94. The maximum atomic E-state index is 11.8. The van der Waals surface area contributed by atoms with Crippen molar-refractivity contribution in [1.29, 1.82) is 0 Å². The normalized spacial score (nSPS) is 17.9. The predicted octanol–water partition coefficient (Wildman–Crippen LogP) is 0.315. The number of hydrogen-bond donors (Lipinski definition) is 1. The Morgan fingerprint density at radius 3 is 2.90 bits per heavy atom. The monoisotopic (exact) mass is 278 g/mol. The number of ether oxygens (including phenoxy) is 1. The van der Waals surface area contributed by atoms with Crippen LogP contribution in [-0.2, 0) is 0 Å². The van der Waals surface area contributed by atoms with Crippen molar-refractivity contribution in [2.24, 2.45) is 5.73 Å². The molecule has 1 atom stereocenters. The Morgan fingerprint density at radius 1 is 1.50 bits per heavy atom. The summed E-state index contributed by atoms with van der Waals surface area (Å²) in [5.41, 5.74) is 5.53. The van der Waals surface area contributed by atoms with E-state index in [1.54, 1.807) is 37.3 Å². The van der Waals surface area contributed by atoms with Crippen LogP contribution in [0.25, 0.3) is 0 Å². The first-order valence-corrected chi connectivity index (χ1v) is 6.36. The summed E-state index contributed by atoms with van der Waals surface area (Å²) >= 11 is 0. The highest BCUT2D eigenvalue weighted by atomic mass is 16.5. The van der Waals surface area contributed by atoms with Gasteiger partial charge in [-0.05, 0) is 12.1 Å². The Hall–Kier alpha value is -2.31. The van der Waals surface area contributed by atoms with Gasteiger partial charge in [0, 0.05) is 33.3 Å². The van der Waals surface area contributed by atoms with Gasteiger partial charge in [0.2, 0.25) is 5.88 Å². The first kappa shape index (κ1) is 14.1. The van der Waals surface area contributed by atoms with Crippen molar-refractivity contribution >= 4 is 11.9 Å². The van der Waals surface area contributed by atoms with Gasteiger partial charge in [-0.25, -0.2) is 9.78 Å². The number of nitrogens with zero attached hydrogens (tertiary/aromatic N) is 3. The quantitative estimate of drug-likeness (QED) is 0.862. The Bertz CT molecular complexity index is 518. The second-order valence-corrected chi connectivity index (χ2v) is 4.87. The molecule has 0 unspecified atom stereocenters. The van der Waals surface area contributed by atoms with Gasteiger partial charge in [-0.15, -0.1) is 0 Å². The van der Waals surface area contributed by atoms with E-state index in [2.05, 4.69) is 4.98 Å². The molecule has 0 radical (unpaired) electrons. The molecule has 1 aromatic rings. The number of hydrogen-bond acceptors (Lipinski definition) is 4. The molecule has 20 heavy (non-hydrogen) atoms. The zero-order valence-corrected chi connectivity index (χ0v) is 11.6. The van der Waals surface area contributed by atoms with Gasteiger partial charge in [0.15, 0.2) is 0 Å². The zero-order valence-electron chi connectivity index (χ0n) is 11.6. The van der Waals surface area contributed by atoms with Crippen LogP contribution in [-0.4, -0.2) is 60.0 Å². The van der Waals surface area contributed by atoms with E-state index >= 15 is 0 Å². The molecule has 3 amide bonds. The highest BCUT2D eigenvalue weighted by Crippen LogP contribution is 2.20. The number of nitrogens with two attached hydrogens (primary N) is 1. The molecule has 7 nitrogen and oxygen atoms in total. The summed E-state index contributed by atoms with van der Waals surface area (Å²) in [6.07, 6.45) is 2.07. The van der Waals surface area contributed by atoms with Crippen LogP contribution in [0.2, 0.25) is 0 Å². The van der Waals surface area contributed by atoms with Gasteiger partial charge in [0.1, 0.15) is 11.7 Å². The van der Waals surface area contributed by atoms with Crippen molar-refractivity contribution in [3.8, 4) is 5.88 Å². The molecular formula is C13H18N4O3. The Labute approximate surface area is 117 Å². The Balaban J connectivity index is 2.03. The third kappa shape index (κ3) is 2.98. The van der Waals surface area contributed by atoms with E-state index in [9.17, 15) is 9.59 Å². The van der Waals surface area contributed by atoms with Gasteiger partial charge in [-0.3, -0.25) is 4.79 Å². The summed E-state index contributed by atoms with van der Waals surface area (Å²) in [5, 5.41) is 0. The smallest absolute Gasteiger partial charge is 0.319 e. The van der Waals surface area contributed by atoms with Crippen LogP contribution in [0.3, 0.4) is 0 Å². The van der Waals surface area contributed by atoms with Crippen LogP contribution >= 0.6 is 0 Å². The van der Waals surface area contributed by atoms with E-state index in [1.807, 2.05) is 0 Å². The van der Waals surface area contributed by atoms with Gasteiger partial charge in [0.25, 0.3) is 5.91 Å². The average Bonchev–Trinajstić information content (AvgIpc) is 2.86. The lowest BCUT2D eigenvalue weighted by Crippen LogP contribution is -2.38. The summed E-state index contributed by atoms with van der Waals surface area (Å²) in [7, 11) is 3.42. The average molecular weight is 278 g/mol. The summed E-state index contributed by atoms with van der Waals surface area (Å²) in [6, 6.07) is 3.15. The van der Waals surface area contributed by atoms with Crippen molar-refractivity contribution < 1.29 is 14.3 Å². The molecule has 1 saturated heterocycles. The van der Waals surface area contributed by atoms with E-state index < -0.39 is 5.91 Å². The number of rotatable bonds is 3. The van der Waals surface area contributed by atoms with Crippen molar-refractivity contribution in [2.75, 3.05) is 27.2 Å². The number of likely N-dealkylation sites (tertiary alicyclic amines) is 1. The minimum absolute atomic E-state index is 0.0488.